The van der Waals surface area contributed by atoms with Crippen molar-refractivity contribution in [3.05, 3.63) is 41.9 Å². The van der Waals surface area contributed by atoms with Gasteiger partial charge in [-0.1, -0.05) is 6.07 Å². The number of nitrogens with zero attached hydrogens (tertiary/aromatic N) is 4. The molecule has 1 N–H and O–H groups in total. The van der Waals surface area contributed by atoms with Crippen molar-refractivity contribution < 1.29 is 9.59 Å². The predicted molar refractivity (Wildman–Crippen MR) is 89.8 cm³/mol. The first kappa shape index (κ1) is 16.2. The molecule has 0 spiro atoms. The number of ketones is 1. The van der Waals surface area contributed by atoms with E-state index in [1.54, 1.807) is 41.0 Å². The van der Waals surface area contributed by atoms with Gasteiger partial charge in [-0.2, -0.15) is 5.10 Å². The number of piperidine rings is 1. The fourth-order valence-electron chi connectivity index (χ4n) is 3.01. The zero-order valence-electron chi connectivity index (χ0n) is 13.9. The lowest BCUT2D eigenvalue weighted by Gasteiger charge is -2.31. The maximum Gasteiger partial charge on any atom is 0.323 e. The minimum atomic E-state index is -0.201. The quantitative estimate of drug-likeness (QED) is 0.877. The first-order chi connectivity index (χ1) is 11.5. The van der Waals surface area contributed by atoms with E-state index in [4.69, 9.17) is 0 Å². The molecule has 2 aromatic rings. The minimum absolute atomic E-state index is 0.00415. The van der Waals surface area contributed by atoms with Gasteiger partial charge in [-0.3, -0.25) is 19.8 Å². The Balaban J connectivity index is 1.66. The number of aromatic nitrogens is 3. The van der Waals surface area contributed by atoms with Crippen molar-refractivity contribution in [3.8, 4) is 0 Å². The molecule has 1 fully saturated rings. The fourth-order valence-corrected chi connectivity index (χ4v) is 3.01. The summed E-state index contributed by atoms with van der Waals surface area (Å²) < 4.78 is 1.63. The SMILES string of the molecule is Cc1cc(NC(=O)N2CCC[C@@H](C(=O)c3ccccn3)C2)n(C)n1. The number of pyridine rings is 1. The lowest BCUT2D eigenvalue weighted by molar-refractivity contribution is 0.0846. The molecule has 1 saturated heterocycles. The zero-order valence-corrected chi connectivity index (χ0v) is 13.9. The van der Waals surface area contributed by atoms with E-state index in [-0.39, 0.29) is 17.7 Å². The second-order valence-corrected chi connectivity index (χ2v) is 6.09. The lowest BCUT2D eigenvalue weighted by atomic mass is 9.92. The number of hydrogen-bond acceptors (Lipinski definition) is 4. The van der Waals surface area contributed by atoms with Crippen LogP contribution in [0.5, 0.6) is 0 Å². The van der Waals surface area contributed by atoms with Crippen molar-refractivity contribution in [1.29, 1.82) is 0 Å². The summed E-state index contributed by atoms with van der Waals surface area (Å²) >= 11 is 0. The Morgan fingerprint density at radius 3 is 2.83 bits per heavy atom. The van der Waals surface area contributed by atoms with Crippen LogP contribution >= 0.6 is 0 Å². The van der Waals surface area contributed by atoms with Gasteiger partial charge in [0.1, 0.15) is 11.5 Å². The Bertz CT molecular complexity index is 741. The second kappa shape index (κ2) is 6.82. The van der Waals surface area contributed by atoms with Crippen LogP contribution in [0.4, 0.5) is 10.6 Å². The van der Waals surface area contributed by atoms with Gasteiger partial charge >= 0.3 is 6.03 Å². The molecule has 0 unspecified atom stereocenters. The molecule has 126 valence electrons. The first-order valence-corrected chi connectivity index (χ1v) is 8.06. The number of urea groups is 1. The summed E-state index contributed by atoms with van der Waals surface area (Å²) in [7, 11) is 1.78. The van der Waals surface area contributed by atoms with Gasteiger partial charge in [0.15, 0.2) is 5.78 Å². The van der Waals surface area contributed by atoms with Crippen molar-refractivity contribution in [2.24, 2.45) is 13.0 Å². The Labute approximate surface area is 140 Å². The van der Waals surface area contributed by atoms with Gasteiger partial charge in [0, 0.05) is 38.3 Å². The Hall–Kier alpha value is -2.70. The molecule has 1 atom stereocenters. The normalized spacial score (nSPS) is 17.6. The number of likely N-dealkylation sites (tertiary alicyclic amines) is 1. The van der Waals surface area contributed by atoms with E-state index in [0.29, 0.717) is 24.6 Å². The maximum atomic E-state index is 12.5. The van der Waals surface area contributed by atoms with Gasteiger partial charge in [-0.05, 0) is 31.9 Å². The molecule has 2 amide bonds. The third-order valence-corrected chi connectivity index (χ3v) is 4.23. The van der Waals surface area contributed by atoms with E-state index in [0.717, 1.165) is 18.5 Å². The highest BCUT2D eigenvalue weighted by atomic mass is 16.2. The monoisotopic (exact) mass is 327 g/mol. The molecule has 0 aromatic carbocycles. The van der Waals surface area contributed by atoms with Crippen LogP contribution in [0.25, 0.3) is 0 Å². The number of amides is 2. The number of carbonyl (C=O) groups is 2. The van der Waals surface area contributed by atoms with E-state index in [1.165, 1.54) is 0 Å². The minimum Gasteiger partial charge on any atom is -0.324 e. The number of Topliss-reactive ketones (excluding diaryl/α,β-unsaturated/α-hetero) is 1. The molecule has 24 heavy (non-hydrogen) atoms. The number of hydrogen-bond donors (Lipinski definition) is 1. The summed E-state index contributed by atoms with van der Waals surface area (Å²) in [5.41, 5.74) is 1.31. The van der Waals surface area contributed by atoms with Crippen molar-refractivity contribution >= 4 is 17.6 Å². The van der Waals surface area contributed by atoms with Gasteiger partial charge in [-0.15, -0.1) is 0 Å². The predicted octanol–water partition coefficient (Wildman–Crippen LogP) is 2.25. The first-order valence-electron chi connectivity index (χ1n) is 8.06. The van der Waals surface area contributed by atoms with E-state index in [1.807, 2.05) is 13.0 Å². The second-order valence-electron chi connectivity index (χ2n) is 6.09. The highest BCUT2D eigenvalue weighted by Gasteiger charge is 2.29. The number of nitrogens with one attached hydrogen (secondary N) is 1. The van der Waals surface area contributed by atoms with Gasteiger partial charge < -0.3 is 4.90 Å². The van der Waals surface area contributed by atoms with Gasteiger partial charge in [-0.25, -0.2) is 4.79 Å². The number of rotatable bonds is 3. The molecule has 7 nitrogen and oxygen atoms in total. The Morgan fingerprint density at radius 1 is 1.33 bits per heavy atom. The van der Waals surface area contributed by atoms with Crippen LogP contribution in [0.2, 0.25) is 0 Å². The molecule has 0 saturated carbocycles. The summed E-state index contributed by atoms with van der Waals surface area (Å²) in [5.74, 6) is 0.452. The van der Waals surface area contributed by atoms with E-state index < -0.39 is 0 Å². The molecule has 0 aliphatic carbocycles. The molecule has 7 heteroatoms. The number of anilines is 1. The van der Waals surface area contributed by atoms with Crippen molar-refractivity contribution in [2.45, 2.75) is 19.8 Å². The molecule has 0 bridgehead atoms. The van der Waals surface area contributed by atoms with Crippen LogP contribution in [-0.4, -0.2) is 44.6 Å². The lowest BCUT2D eigenvalue weighted by Crippen LogP contribution is -2.44. The molecule has 3 heterocycles. The van der Waals surface area contributed by atoms with Gasteiger partial charge in [0.25, 0.3) is 0 Å². The Morgan fingerprint density at radius 2 is 2.17 bits per heavy atom. The van der Waals surface area contributed by atoms with Crippen LogP contribution in [0.1, 0.15) is 29.0 Å². The van der Waals surface area contributed by atoms with Crippen LogP contribution in [0.15, 0.2) is 30.5 Å². The van der Waals surface area contributed by atoms with Crippen LogP contribution in [0, 0.1) is 12.8 Å². The van der Waals surface area contributed by atoms with Crippen LogP contribution in [-0.2, 0) is 7.05 Å². The molecular weight excluding hydrogens is 306 g/mol. The van der Waals surface area contributed by atoms with Gasteiger partial charge in [0.05, 0.1) is 5.69 Å². The van der Waals surface area contributed by atoms with Crippen molar-refractivity contribution in [2.75, 3.05) is 18.4 Å². The topological polar surface area (TPSA) is 80.1 Å². The average molecular weight is 327 g/mol. The molecule has 1 aliphatic heterocycles. The molecular formula is C17H21N5O2. The summed E-state index contributed by atoms with van der Waals surface area (Å²) in [6, 6.07) is 6.93. The van der Waals surface area contributed by atoms with E-state index in [2.05, 4.69) is 15.4 Å². The molecule has 1 aliphatic rings. The van der Waals surface area contributed by atoms with E-state index in [9.17, 15) is 9.59 Å². The van der Waals surface area contributed by atoms with Crippen LogP contribution in [0.3, 0.4) is 0 Å². The largest absolute Gasteiger partial charge is 0.324 e. The zero-order chi connectivity index (χ0) is 17.1. The number of carbonyl (C=O) groups excluding carboxylic acids is 2. The van der Waals surface area contributed by atoms with Crippen LogP contribution < -0.4 is 5.32 Å². The highest BCUT2D eigenvalue weighted by Crippen LogP contribution is 2.21. The van der Waals surface area contributed by atoms with Gasteiger partial charge in [0.2, 0.25) is 0 Å². The van der Waals surface area contributed by atoms with Crippen molar-refractivity contribution in [3.63, 3.8) is 0 Å². The summed E-state index contributed by atoms with van der Waals surface area (Å²) in [4.78, 5) is 30.8. The average Bonchev–Trinajstić information content (AvgIpc) is 2.92. The van der Waals surface area contributed by atoms with E-state index >= 15 is 0 Å². The number of aryl methyl sites for hydroxylation is 2. The molecule has 3 rings (SSSR count). The Kier molecular flexibility index (Phi) is 4.59. The maximum absolute atomic E-state index is 12.5. The molecule has 2 aromatic heterocycles. The standard InChI is InChI=1S/C17H21N5O2/c1-12-10-15(21(2)20-12)19-17(24)22-9-5-6-13(11-22)16(23)14-7-3-4-8-18-14/h3-4,7-8,10,13H,5-6,9,11H2,1-2H3,(H,19,24)/t13-/m1/s1. The smallest absolute Gasteiger partial charge is 0.323 e. The fraction of sp³-hybridized carbons (Fsp3) is 0.412. The summed E-state index contributed by atoms with van der Waals surface area (Å²) in [6.45, 7) is 2.94. The third-order valence-electron chi connectivity index (χ3n) is 4.23. The van der Waals surface area contributed by atoms with Crippen molar-refractivity contribution in [1.82, 2.24) is 19.7 Å². The molecule has 0 radical (unpaired) electrons. The highest BCUT2D eigenvalue weighted by molar-refractivity contribution is 5.97. The summed E-state index contributed by atoms with van der Waals surface area (Å²) in [5, 5.41) is 7.07. The summed E-state index contributed by atoms with van der Waals surface area (Å²) in [6.07, 6.45) is 3.20. The third kappa shape index (κ3) is 3.45.